The van der Waals surface area contributed by atoms with E-state index in [1.807, 2.05) is 27.7 Å². The van der Waals surface area contributed by atoms with Crippen molar-refractivity contribution in [1.82, 2.24) is 0 Å². The summed E-state index contributed by atoms with van der Waals surface area (Å²) in [5.74, 6) is 0.113. The maximum atomic E-state index is 11.3. The van der Waals surface area contributed by atoms with Gasteiger partial charge in [-0.05, 0) is 57.2 Å². The normalized spacial score (nSPS) is 20.0. The quantitative estimate of drug-likeness (QED) is 0.686. The molecule has 5 heteroatoms. The van der Waals surface area contributed by atoms with Crippen LogP contribution in [0.4, 0.5) is 0 Å². The second-order valence-electron chi connectivity index (χ2n) is 6.23. The molecule has 1 atom stereocenters. The van der Waals surface area contributed by atoms with Crippen LogP contribution in [0.1, 0.15) is 48.9 Å². The number of aliphatic carboxylic acids is 1. The Labute approximate surface area is 130 Å². The van der Waals surface area contributed by atoms with E-state index in [-0.39, 0.29) is 12.4 Å². The first-order chi connectivity index (χ1) is 10.1. The minimum atomic E-state index is -0.867. The number of rotatable bonds is 3. The molecule has 0 aliphatic carbocycles. The average Bonchev–Trinajstić information content (AvgIpc) is 2.39. The molecule has 1 aromatic carbocycles. The van der Waals surface area contributed by atoms with E-state index < -0.39 is 11.6 Å². The van der Waals surface area contributed by atoms with Gasteiger partial charge in [0.1, 0.15) is 17.1 Å². The zero-order valence-corrected chi connectivity index (χ0v) is 13.7. The molecule has 0 bridgehead atoms. The summed E-state index contributed by atoms with van der Waals surface area (Å²) in [6.45, 7) is 8.91. The first-order valence-electron chi connectivity index (χ1n) is 7.36. The molecule has 0 aromatic heterocycles. The fourth-order valence-electron chi connectivity index (χ4n) is 3.02. The standard InChI is InChI=1S/C17H22O5/c1-9-10(2)16-13(11(3)15(9)21-12(4)18)6-7-17(5,22-16)8-14(19)20/h6-8H2,1-5H3,(H,19,20). The lowest BCUT2D eigenvalue weighted by Crippen LogP contribution is -2.39. The Morgan fingerprint density at radius 3 is 2.41 bits per heavy atom. The van der Waals surface area contributed by atoms with Crippen molar-refractivity contribution in [2.75, 3.05) is 0 Å². The second kappa shape index (κ2) is 5.63. The largest absolute Gasteiger partial charge is 0.486 e. The van der Waals surface area contributed by atoms with Crippen LogP contribution in [-0.4, -0.2) is 22.6 Å². The Morgan fingerprint density at radius 1 is 1.23 bits per heavy atom. The van der Waals surface area contributed by atoms with Gasteiger partial charge in [-0.3, -0.25) is 9.59 Å². The molecule has 0 amide bonds. The first-order valence-corrected chi connectivity index (χ1v) is 7.36. The van der Waals surface area contributed by atoms with Gasteiger partial charge in [-0.2, -0.15) is 0 Å². The highest BCUT2D eigenvalue weighted by Crippen LogP contribution is 2.44. The van der Waals surface area contributed by atoms with Crippen molar-refractivity contribution in [1.29, 1.82) is 0 Å². The zero-order valence-electron chi connectivity index (χ0n) is 13.7. The van der Waals surface area contributed by atoms with Crippen molar-refractivity contribution in [2.45, 2.75) is 59.5 Å². The van der Waals surface area contributed by atoms with Gasteiger partial charge >= 0.3 is 11.9 Å². The molecule has 1 aliphatic rings. The van der Waals surface area contributed by atoms with E-state index in [1.165, 1.54) is 6.92 Å². The first kappa shape index (κ1) is 16.3. The summed E-state index contributed by atoms with van der Waals surface area (Å²) in [6.07, 6.45) is 1.30. The van der Waals surface area contributed by atoms with Crippen molar-refractivity contribution in [3.05, 3.63) is 22.3 Å². The molecular weight excluding hydrogens is 284 g/mol. The van der Waals surface area contributed by atoms with Gasteiger partial charge in [-0.25, -0.2) is 0 Å². The molecule has 1 aromatic rings. The number of esters is 1. The number of carbonyl (C=O) groups is 2. The van der Waals surface area contributed by atoms with Crippen LogP contribution in [0, 0.1) is 20.8 Å². The highest BCUT2D eigenvalue weighted by molar-refractivity contribution is 5.72. The minimum Gasteiger partial charge on any atom is -0.486 e. The number of carboxylic acids is 1. The van der Waals surface area contributed by atoms with Crippen molar-refractivity contribution >= 4 is 11.9 Å². The third kappa shape index (κ3) is 2.93. The van der Waals surface area contributed by atoms with E-state index in [4.69, 9.17) is 14.6 Å². The monoisotopic (exact) mass is 306 g/mol. The summed E-state index contributed by atoms with van der Waals surface area (Å²) in [4.78, 5) is 22.3. The Balaban J connectivity index is 2.50. The Kier molecular flexibility index (Phi) is 4.18. The second-order valence-corrected chi connectivity index (χ2v) is 6.23. The summed E-state index contributed by atoms with van der Waals surface area (Å²) in [5, 5.41) is 9.06. The van der Waals surface area contributed by atoms with Gasteiger partial charge in [-0.1, -0.05) is 0 Å². The molecule has 0 saturated carbocycles. The van der Waals surface area contributed by atoms with Crippen LogP contribution in [0.25, 0.3) is 0 Å². The maximum absolute atomic E-state index is 11.3. The number of carboxylic acid groups (broad SMARTS) is 1. The fourth-order valence-corrected chi connectivity index (χ4v) is 3.02. The minimum absolute atomic E-state index is 0.0321. The molecule has 1 N–H and O–H groups in total. The predicted octanol–water partition coefficient (Wildman–Crippen LogP) is 3.10. The van der Waals surface area contributed by atoms with Gasteiger partial charge in [0.15, 0.2) is 0 Å². The van der Waals surface area contributed by atoms with E-state index in [1.54, 1.807) is 0 Å². The maximum Gasteiger partial charge on any atom is 0.308 e. The van der Waals surface area contributed by atoms with Crippen LogP contribution in [-0.2, 0) is 16.0 Å². The lowest BCUT2D eigenvalue weighted by Gasteiger charge is -2.37. The van der Waals surface area contributed by atoms with Crippen LogP contribution >= 0.6 is 0 Å². The number of hydrogen-bond acceptors (Lipinski definition) is 4. The number of benzene rings is 1. The summed E-state index contributed by atoms with van der Waals surface area (Å²) in [7, 11) is 0. The van der Waals surface area contributed by atoms with Crippen molar-refractivity contribution in [3.8, 4) is 11.5 Å². The molecule has 2 rings (SSSR count). The Morgan fingerprint density at radius 2 is 1.86 bits per heavy atom. The van der Waals surface area contributed by atoms with Gasteiger partial charge in [0.2, 0.25) is 0 Å². The van der Waals surface area contributed by atoms with Crippen LogP contribution < -0.4 is 9.47 Å². The van der Waals surface area contributed by atoms with Gasteiger partial charge in [0.05, 0.1) is 6.42 Å². The molecule has 1 unspecified atom stereocenters. The molecule has 1 heterocycles. The number of fused-ring (bicyclic) bond motifs is 1. The predicted molar refractivity (Wildman–Crippen MR) is 81.6 cm³/mol. The van der Waals surface area contributed by atoms with E-state index in [2.05, 4.69) is 0 Å². The molecule has 120 valence electrons. The molecule has 0 radical (unpaired) electrons. The van der Waals surface area contributed by atoms with Gasteiger partial charge in [0.25, 0.3) is 0 Å². The molecular formula is C17H22O5. The van der Waals surface area contributed by atoms with Crippen LogP contribution in [0.15, 0.2) is 0 Å². The lowest BCUT2D eigenvalue weighted by atomic mass is 9.85. The Hall–Kier alpha value is -2.04. The van der Waals surface area contributed by atoms with Crippen LogP contribution in [0.5, 0.6) is 11.5 Å². The number of ether oxygens (including phenoxy) is 2. The topological polar surface area (TPSA) is 72.8 Å². The molecule has 0 saturated heterocycles. The molecule has 22 heavy (non-hydrogen) atoms. The third-order valence-corrected chi connectivity index (χ3v) is 4.33. The summed E-state index contributed by atoms with van der Waals surface area (Å²) in [6, 6.07) is 0. The molecule has 0 fully saturated rings. The van der Waals surface area contributed by atoms with Gasteiger partial charge in [0, 0.05) is 12.5 Å². The summed E-state index contributed by atoms with van der Waals surface area (Å²) in [5.41, 5.74) is 2.94. The SMILES string of the molecule is CC(=O)Oc1c(C)c(C)c2c(c1C)CCC(C)(CC(=O)O)O2. The van der Waals surface area contributed by atoms with Crippen molar-refractivity contribution in [2.24, 2.45) is 0 Å². The van der Waals surface area contributed by atoms with Gasteiger partial charge < -0.3 is 14.6 Å². The highest BCUT2D eigenvalue weighted by atomic mass is 16.5. The molecule has 1 aliphatic heterocycles. The van der Waals surface area contributed by atoms with Crippen molar-refractivity contribution < 1.29 is 24.2 Å². The van der Waals surface area contributed by atoms with Crippen LogP contribution in [0.3, 0.4) is 0 Å². The fraction of sp³-hybridized carbons (Fsp3) is 0.529. The molecule has 5 nitrogen and oxygen atoms in total. The number of hydrogen-bond donors (Lipinski definition) is 1. The van der Waals surface area contributed by atoms with Crippen LogP contribution in [0.2, 0.25) is 0 Å². The van der Waals surface area contributed by atoms with Crippen molar-refractivity contribution in [3.63, 3.8) is 0 Å². The number of carbonyl (C=O) groups excluding carboxylic acids is 1. The summed E-state index contributed by atoms with van der Waals surface area (Å²) >= 11 is 0. The van der Waals surface area contributed by atoms with Gasteiger partial charge in [-0.15, -0.1) is 0 Å². The Bertz CT molecular complexity index is 647. The van der Waals surface area contributed by atoms with E-state index in [0.717, 1.165) is 28.0 Å². The smallest absolute Gasteiger partial charge is 0.308 e. The summed E-state index contributed by atoms with van der Waals surface area (Å²) < 4.78 is 11.4. The lowest BCUT2D eigenvalue weighted by molar-refractivity contribution is -0.141. The zero-order chi connectivity index (χ0) is 16.7. The van der Waals surface area contributed by atoms with E-state index in [9.17, 15) is 9.59 Å². The average molecular weight is 306 g/mol. The molecule has 0 spiro atoms. The van der Waals surface area contributed by atoms with E-state index >= 15 is 0 Å². The highest BCUT2D eigenvalue weighted by Gasteiger charge is 2.36. The third-order valence-electron chi connectivity index (χ3n) is 4.33. The van der Waals surface area contributed by atoms with E-state index in [0.29, 0.717) is 18.6 Å².